The molecule has 7 nitrogen and oxygen atoms in total. The molecule has 0 amide bonds. The Morgan fingerprint density at radius 2 is 1.75 bits per heavy atom. The topological polar surface area (TPSA) is 116 Å². The van der Waals surface area contributed by atoms with Crippen molar-refractivity contribution in [3.05, 3.63) is 47.2 Å². The highest BCUT2D eigenvalue weighted by molar-refractivity contribution is 6.15. The molecule has 1 aliphatic heterocycles. The summed E-state index contributed by atoms with van der Waals surface area (Å²) in [6.07, 6.45) is 4.91. The molecule has 2 aromatic carbocycles. The van der Waals surface area contributed by atoms with E-state index in [0.717, 1.165) is 25.7 Å². The van der Waals surface area contributed by atoms with Crippen LogP contribution in [0.3, 0.4) is 0 Å². The molecule has 148 valence electrons. The van der Waals surface area contributed by atoms with Crippen LogP contribution in [-0.2, 0) is 0 Å². The second kappa shape index (κ2) is 8.67. The molecule has 28 heavy (non-hydrogen) atoms. The number of carbonyl (C=O) groups is 1. The lowest BCUT2D eigenvalue weighted by molar-refractivity contribution is 0.101. The number of unbranched alkanes of at least 4 members (excludes halogenated alkanes) is 3. The molecule has 0 saturated carbocycles. The molecule has 0 atom stereocenters. The van der Waals surface area contributed by atoms with Gasteiger partial charge in [0.2, 0.25) is 11.5 Å². The zero-order valence-electron chi connectivity index (χ0n) is 15.2. The van der Waals surface area contributed by atoms with E-state index in [1.807, 2.05) is 0 Å². The van der Waals surface area contributed by atoms with Crippen LogP contribution >= 0.6 is 0 Å². The van der Waals surface area contributed by atoms with Crippen molar-refractivity contribution in [2.75, 3.05) is 13.2 Å². The Balaban J connectivity index is 1.67. The number of Topliss-reactive ketones (excluding diaryl/α,β-unsaturated/α-hetero) is 1. The number of hydrogen-bond acceptors (Lipinski definition) is 7. The van der Waals surface area contributed by atoms with E-state index in [1.165, 1.54) is 24.3 Å². The highest BCUT2D eigenvalue weighted by Crippen LogP contribution is 2.44. The third-order valence-electron chi connectivity index (χ3n) is 4.40. The average molecular weight is 386 g/mol. The van der Waals surface area contributed by atoms with Crippen LogP contribution in [0.1, 0.15) is 41.6 Å². The van der Waals surface area contributed by atoms with Crippen molar-refractivity contribution in [3.8, 4) is 28.7 Å². The fourth-order valence-corrected chi connectivity index (χ4v) is 2.86. The van der Waals surface area contributed by atoms with Crippen molar-refractivity contribution in [1.29, 1.82) is 0 Å². The van der Waals surface area contributed by atoms with Crippen LogP contribution in [0, 0.1) is 0 Å². The normalized spacial score (nSPS) is 14.2. The van der Waals surface area contributed by atoms with Gasteiger partial charge in [-0.3, -0.25) is 4.79 Å². The van der Waals surface area contributed by atoms with Crippen LogP contribution < -0.4 is 9.47 Å². The number of aromatic hydroxyl groups is 3. The van der Waals surface area contributed by atoms with Gasteiger partial charge >= 0.3 is 0 Å². The van der Waals surface area contributed by atoms with Gasteiger partial charge in [0.15, 0.2) is 17.3 Å². The van der Waals surface area contributed by atoms with Gasteiger partial charge in [-0.1, -0.05) is 6.42 Å². The summed E-state index contributed by atoms with van der Waals surface area (Å²) < 4.78 is 11.0. The van der Waals surface area contributed by atoms with E-state index in [2.05, 4.69) is 0 Å². The minimum atomic E-state index is -0.499. The monoisotopic (exact) mass is 386 g/mol. The summed E-state index contributed by atoms with van der Waals surface area (Å²) in [4.78, 5) is 12.4. The van der Waals surface area contributed by atoms with E-state index < -0.39 is 11.5 Å². The van der Waals surface area contributed by atoms with Gasteiger partial charge in [0.25, 0.3) is 0 Å². The number of phenols is 3. The summed E-state index contributed by atoms with van der Waals surface area (Å²) >= 11 is 0. The van der Waals surface area contributed by atoms with Gasteiger partial charge in [0.05, 0.1) is 12.2 Å². The first-order valence-electron chi connectivity index (χ1n) is 9.07. The fraction of sp³-hybridized carbons (Fsp3) is 0.286. The molecule has 0 spiro atoms. The number of carbonyl (C=O) groups excluding carboxylic acids is 1. The third kappa shape index (κ3) is 4.20. The molecule has 7 heteroatoms. The molecule has 3 rings (SSSR count). The largest absolute Gasteiger partial charge is 0.507 e. The first-order valence-corrected chi connectivity index (χ1v) is 9.07. The van der Waals surface area contributed by atoms with Gasteiger partial charge in [-0.15, -0.1) is 0 Å². The second-order valence-electron chi connectivity index (χ2n) is 6.46. The Hall–Kier alpha value is -3.19. The zero-order valence-corrected chi connectivity index (χ0v) is 15.2. The molecule has 1 heterocycles. The number of hydrogen-bond donors (Lipinski definition) is 4. The lowest BCUT2D eigenvalue weighted by Gasteiger charge is -2.08. The number of benzene rings is 2. The van der Waals surface area contributed by atoms with Crippen molar-refractivity contribution >= 4 is 11.9 Å². The van der Waals surface area contributed by atoms with Crippen molar-refractivity contribution < 1.29 is 34.7 Å². The van der Waals surface area contributed by atoms with Crippen molar-refractivity contribution in [3.63, 3.8) is 0 Å². The maximum Gasteiger partial charge on any atom is 0.232 e. The quantitative estimate of drug-likeness (QED) is 0.312. The van der Waals surface area contributed by atoms with Gasteiger partial charge in [0.1, 0.15) is 11.5 Å². The van der Waals surface area contributed by atoms with Gasteiger partial charge in [-0.2, -0.15) is 0 Å². The smallest absolute Gasteiger partial charge is 0.232 e. The van der Waals surface area contributed by atoms with Crippen LogP contribution in [0.2, 0.25) is 0 Å². The molecule has 2 aromatic rings. The molecule has 0 aliphatic carbocycles. The van der Waals surface area contributed by atoms with Crippen molar-refractivity contribution in [1.82, 2.24) is 0 Å². The van der Waals surface area contributed by atoms with Crippen LogP contribution in [0.4, 0.5) is 0 Å². The number of phenolic OH excluding ortho intramolecular Hbond substituents is 3. The van der Waals surface area contributed by atoms with E-state index in [4.69, 9.17) is 14.6 Å². The van der Waals surface area contributed by atoms with Gasteiger partial charge in [-0.05, 0) is 49.6 Å². The van der Waals surface area contributed by atoms with Gasteiger partial charge in [-0.25, -0.2) is 0 Å². The Labute approximate surface area is 162 Å². The summed E-state index contributed by atoms with van der Waals surface area (Å²) in [5, 5.41) is 38.3. The molecular formula is C21H22O7. The Kier molecular flexibility index (Phi) is 6.06. The first-order chi connectivity index (χ1) is 13.5. The maximum atomic E-state index is 12.4. The highest BCUT2D eigenvalue weighted by atomic mass is 16.5. The standard InChI is InChI=1S/C21H22O7/c22-9-3-1-2-4-10-27-14-6-5-13(17(24)12-14)11-18-19(25)15-7-8-16(23)20(26)21(15)28-18/h5-8,11-12,22-24,26H,1-4,9-10H2/b18-11+. The number of aliphatic hydroxyl groups excluding tert-OH is 1. The molecule has 0 radical (unpaired) electrons. The lowest BCUT2D eigenvalue weighted by atomic mass is 10.1. The lowest BCUT2D eigenvalue weighted by Crippen LogP contribution is -1.99. The summed E-state index contributed by atoms with van der Waals surface area (Å²) in [6.45, 7) is 0.703. The van der Waals surface area contributed by atoms with E-state index in [1.54, 1.807) is 12.1 Å². The Bertz CT molecular complexity index is 902. The highest BCUT2D eigenvalue weighted by Gasteiger charge is 2.31. The Morgan fingerprint density at radius 3 is 2.50 bits per heavy atom. The second-order valence-corrected chi connectivity index (χ2v) is 6.46. The van der Waals surface area contributed by atoms with E-state index in [0.29, 0.717) is 17.9 Å². The Morgan fingerprint density at radius 1 is 0.964 bits per heavy atom. The maximum absolute atomic E-state index is 12.4. The van der Waals surface area contributed by atoms with Gasteiger partial charge < -0.3 is 29.9 Å². The number of ketones is 1. The van der Waals surface area contributed by atoms with E-state index in [-0.39, 0.29) is 35.2 Å². The number of rotatable bonds is 8. The van der Waals surface area contributed by atoms with Crippen molar-refractivity contribution in [2.45, 2.75) is 25.7 Å². The third-order valence-corrected chi connectivity index (χ3v) is 4.40. The SMILES string of the molecule is O=C1/C(=C\c2ccc(OCCCCCCO)cc2O)Oc2c1ccc(O)c2O. The van der Waals surface area contributed by atoms with Crippen LogP contribution in [-0.4, -0.2) is 39.4 Å². The molecule has 1 aliphatic rings. The minimum Gasteiger partial charge on any atom is -0.507 e. The molecule has 0 bridgehead atoms. The molecular weight excluding hydrogens is 364 g/mol. The van der Waals surface area contributed by atoms with Gasteiger partial charge in [0, 0.05) is 18.2 Å². The number of fused-ring (bicyclic) bond motifs is 1. The molecule has 0 unspecified atom stereocenters. The van der Waals surface area contributed by atoms with E-state index >= 15 is 0 Å². The summed E-state index contributed by atoms with van der Waals surface area (Å²) in [5.41, 5.74) is 0.498. The van der Waals surface area contributed by atoms with E-state index in [9.17, 15) is 20.1 Å². The van der Waals surface area contributed by atoms with Crippen LogP contribution in [0.25, 0.3) is 6.08 Å². The van der Waals surface area contributed by atoms with Crippen LogP contribution in [0.5, 0.6) is 28.7 Å². The zero-order chi connectivity index (χ0) is 20.1. The first kappa shape index (κ1) is 19.6. The summed E-state index contributed by atoms with van der Waals surface area (Å²) in [7, 11) is 0. The number of aliphatic hydroxyl groups is 1. The minimum absolute atomic E-state index is 0.0660. The molecule has 0 saturated heterocycles. The number of ether oxygens (including phenoxy) is 2. The predicted molar refractivity (Wildman–Crippen MR) is 102 cm³/mol. The van der Waals surface area contributed by atoms with Crippen LogP contribution in [0.15, 0.2) is 36.1 Å². The fourth-order valence-electron chi connectivity index (χ4n) is 2.86. The molecule has 4 N–H and O–H groups in total. The molecule has 0 fully saturated rings. The summed E-state index contributed by atoms with van der Waals surface area (Å²) in [6, 6.07) is 7.31. The van der Waals surface area contributed by atoms with Crippen molar-refractivity contribution in [2.24, 2.45) is 0 Å². The average Bonchev–Trinajstić information content (AvgIpc) is 3.00. The molecule has 0 aromatic heterocycles. The number of allylic oxidation sites excluding steroid dienone is 1. The predicted octanol–water partition coefficient (Wildman–Crippen LogP) is 3.35. The summed E-state index contributed by atoms with van der Waals surface area (Å²) in [5.74, 6) is -1.07.